The fraction of sp³-hybridized carbons (Fsp3) is 0.190. The third kappa shape index (κ3) is 5.14. The molecular weight excluding hydrogens is 392 g/mol. The molecule has 0 spiro atoms. The van der Waals surface area contributed by atoms with Crippen LogP contribution in [-0.2, 0) is 11.3 Å². The highest BCUT2D eigenvalue weighted by Gasteiger charge is 2.13. The fourth-order valence-electron chi connectivity index (χ4n) is 2.68. The summed E-state index contributed by atoms with van der Waals surface area (Å²) in [6.45, 7) is 2.41. The van der Waals surface area contributed by atoms with Gasteiger partial charge in [-0.3, -0.25) is 0 Å². The largest absolute Gasteiger partial charge is 0.461 e. The summed E-state index contributed by atoms with van der Waals surface area (Å²) < 4.78 is 6.50. The molecule has 0 fully saturated rings. The zero-order valence-electron chi connectivity index (χ0n) is 16.1. The van der Waals surface area contributed by atoms with Crippen molar-refractivity contribution in [2.45, 2.75) is 13.5 Å². The topological polar surface area (TPSA) is 76.5 Å². The molecule has 0 aliphatic carbocycles. The van der Waals surface area contributed by atoms with Crippen molar-refractivity contribution in [2.24, 2.45) is 0 Å². The summed E-state index contributed by atoms with van der Waals surface area (Å²) in [6, 6.07) is 15.9. The van der Waals surface area contributed by atoms with Crippen LogP contribution in [0.2, 0.25) is 5.02 Å². The number of aromatic nitrogens is 2. The van der Waals surface area contributed by atoms with Gasteiger partial charge in [0.05, 0.1) is 12.3 Å². The van der Waals surface area contributed by atoms with E-state index in [4.69, 9.17) is 16.3 Å². The van der Waals surface area contributed by atoms with Crippen molar-refractivity contribution in [3.63, 3.8) is 0 Å². The minimum Gasteiger partial charge on any atom is -0.461 e. The van der Waals surface area contributed by atoms with E-state index in [1.165, 1.54) is 0 Å². The summed E-state index contributed by atoms with van der Waals surface area (Å²) in [5.74, 6) is -0.475. The highest BCUT2D eigenvalue weighted by molar-refractivity contribution is 6.31. The quantitative estimate of drug-likeness (QED) is 0.610. The number of benzene rings is 2. The number of carbonyl (C=O) groups excluding carboxylic acids is 2. The van der Waals surface area contributed by atoms with Crippen LogP contribution in [0, 0.1) is 0 Å². The van der Waals surface area contributed by atoms with E-state index in [2.05, 4.69) is 10.4 Å². The van der Waals surface area contributed by atoms with Crippen molar-refractivity contribution < 1.29 is 14.3 Å². The lowest BCUT2D eigenvalue weighted by atomic mass is 10.2. The molecule has 1 N–H and O–H groups in total. The molecule has 0 aliphatic heterocycles. The maximum atomic E-state index is 12.5. The second-order valence-electron chi connectivity index (χ2n) is 6.29. The van der Waals surface area contributed by atoms with Gasteiger partial charge in [-0.05, 0) is 42.8 Å². The Morgan fingerprint density at radius 3 is 2.72 bits per heavy atom. The van der Waals surface area contributed by atoms with Crippen molar-refractivity contribution >= 4 is 29.3 Å². The van der Waals surface area contributed by atoms with E-state index in [9.17, 15) is 9.59 Å². The van der Waals surface area contributed by atoms with Gasteiger partial charge in [0.1, 0.15) is 0 Å². The monoisotopic (exact) mass is 412 g/mol. The maximum Gasteiger partial charge on any atom is 0.358 e. The molecule has 2 amide bonds. The first-order valence-electron chi connectivity index (χ1n) is 9.06. The Morgan fingerprint density at radius 2 is 1.97 bits per heavy atom. The van der Waals surface area contributed by atoms with E-state index in [1.54, 1.807) is 60.1 Å². The van der Waals surface area contributed by atoms with E-state index in [0.717, 1.165) is 5.56 Å². The number of hydrogen-bond donors (Lipinski definition) is 1. The molecule has 0 radical (unpaired) electrons. The normalized spacial score (nSPS) is 10.4. The van der Waals surface area contributed by atoms with Crippen LogP contribution >= 0.6 is 11.6 Å². The number of urea groups is 1. The first-order valence-corrected chi connectivity index (χ1v) is 9.44. The second kappa shape index (κ2) is 9.25. The summed E-state index contributed by atoms with van der Waals surface area (Å²) in [5.41, 5.74) is 2.39. The lowest BCUT2D eigenvalue weighted by Gasteiger charge is -2.19. The van der Waals surface area contributed by atoms with Gasteiger partial charge in [-0.2, -0.15) is 5.10 Å². The van der Waals surface area contributed by atoms with Crippen LogP contribution in [0.4, 0.5) is 10.5 Å². The zero-order chi connectivity index (χ0) is 20.8. The average Bonchev–Trinajstić information content (AvgIpc) is 3.20. The zero-order valence-corrected chi connectivity index (χ0v) is 16.9. The lowest BCUT2D eigenvalue weighted by molar-refractivity contribution is 0.0519. The molecule has 0 atom stereocenters. The Bertz CT molecular complexity index is 1020. The highest BCUT2D eigenvalue weighted by atomic mass is 35.5. The van der Waals surface area contributed by atoms with Crippen LogP contribution in [0.3, 0.4) is 0 Å². The summed E-state index contributed by atoms with van der Waals surface area (Å²) in [6.07, 6.45) is 1.66. The minimum absolute atomic E-state index is 0.223. The van der Waals surface area contributed by atoms with Gasteiger partial charge in [0.15, 0.2) is 5.69 Å². The number of nitrogens with one attached hydrogen (secondary N) is 1. The molecule has 3 rings (SSSR count). The molecule has 1 heterocycles. The molecule has 2 aromatic carbocycles. The number of carbonyl (C=O) groups is 2. The number of rotatable bonds is 6. The number of amides is 2. The SMILES string of the molecule is CCOC(=O)c1ccn(-c2cccc(NC(=O)N(C)Cc3ccccc3Cl)c2)n1. The standard InChI is InChI=1S/C21H21ClN4O3/c1-3-29-20(27)19-11-12-26(24-19)17-9-6-8-16(13-17)23-21(28)25(2)14-15-7-4-5-10-18(15)22/h4-13H,3,14H2,1-2H3,(H,23,28). The van der Waals surface area contributed by atoms with Gasteiger partial charge >= 0.3 is 12.0 Å². The Morgan fingerprint density at radius 1 is 1.17 bits per heavy atom. The Labute approximate surface area is 173 Å². The van der Waals surface area contributed by atoms with E-state index in [0.29, 0.717) is 22.9 Å². The van der Waals surface area contributed by atoms with Gasteiger partial charge in [-0.25, -0.2) is 14.3 Å². The number of ether oxygens (including phenoxy) is 1. The Hall–Kier alpha value is -3.32. The van der Waals surface area contributed by atoms with Gasteiger partial charge in [0.25, 0.3) is 0 Å². The third-order valence-electron chi connectivity index (χ3n) is 4.15. The highest BCUT2D eigenvalue weighted by Crippen LogP contribution is 2.18. The van der Waals surface area contributed by atoms with Crippen molar-refractivity contribution in [3.05, 3.63) is 77.1 Å². The van der Waals surface area contributed by atoms with Crippen LogP contribution in [-0.4, -0.2) is 40.3 Å². The van der Waals surface area contributed by atoms with E-state index in [1.807, 2.05) is 24.3 Å². The molecule has 0 unspecified atom stereocenters. The molecule has 1 aromatic heterocycles. The summed E-state index contributed by atoms with van der Waals surface area (Å²) >= 11 is 6.16. The summed E-state index contributed by atoms with van der Waals surface area (Å²) in [7, 11) is 1.70. The van der Waals surface area contributed by atoms with Crippen LogP contribution < -0.4 is 5.32 Å². The van der Waals surface area contributed by atoms with Gasteiger partial charge < -0.3 is 15.0 Å². The smallest absolute Gasteiger partial charge is 0.358 e. The predicted octanol–water partition coefficient (Wildman–Crippen LogP) is 4.37. The molecule has 29 heavy (non-hydrogen) atoms. The molecule has 0 aliphatic rings. The van der Waals surface area contributed by atoms with Gasteiger partial charge in [0, 0.05) is 30.5 Å². The molecule has 0 saturated carbocycles. The first kappa shape index (κ1) is 20.4. The van der Waals surface area contributed by atoms with E-state index < -0.39 is 5.97 Å². The number of esters is 1. The lowest BCUT2D eigenvalue weighted by Crippen LogP contribution is -2.30. The minimum atomic E-state index is -0.475. The summed E-state index contributed by atoms with van der Waals surface area (Å²) in [5, 5.41) is 7.69. The number of halogens is 1. The molecule has 8 heteroatoms. The maximum absolute atomic E-state index is 12.5. The second-order valence-corrected chi connectivity index (χ2v) is 6.70. The fourth-order valence-corrected chi connectivity index (χ4v) is 2.88. The molecule has 0 saturated heterocycles. The van der Waals surface area contributed by atoms with Gasteiger partial charge in [-0.15, -0.1) is 0 Å². The third-order valence-corrected chi connectivity index (χ3v) is 4.52. The average molecular weight is 413 g/mol. The molecular formula is C21H21ClN4O3. The number of nitrogens with zero attached hydrogens (tertiary/aromatic N) is 3. The number of hydrogen-bond acceptors (Lipinski definition) is 4. The van der Waals surface area contributed by atoms with E-state index >= 15 is 0 Å². The van der Waals surface area contributed by atoms with Gasteiger partial charge in [0.2, 0.25) is 0 Å². The van der Waals surface area contributed by atoms with Crippen molar-refractivity contribution in [2.75, 3.05) is 19.0 Å². The van der Waals surface area contributed by atoms with Crippen LogP contribution in [0.25, 0.3) is 5.69 Å². The van der Waals surface area contributed by atoms with Crippen molar-refractivity contribution in [3.8, 4) is 5.69 Å². The van der Waals surface area contributed by atoms with Gasteiger partial charge in [-0.1, -0.05) is 35.9 Å². The molecule has 0 bridgehead atoms. The van der Waals surface area contributed by atoms with Crippen LogP contribution in [0.1, 0.15) is 23.0 Å². The van der Waals surface area contributed by atoms with Crippen LogP contribution in [0.15, 0.2) is 60.8 Å². The Kier molecular flexibility index (Phi) is 6.51. The van der Waals surface area contributed by atoms with Crippen molar-refractivity contribution in [1.29, 1.82) is 0 Å². The number of anilines is 1. The molecule has 3 aromatic rings. The van der Waals surface area contributed by atoms with E-state index in [-0.39, 0.29) is 18.3 Å². The first-order chi connectivity index (χ1) is 14.0. The predicted molar refractivity (Wildman–Crippen MR) is 111 cm³/mol. The Balaban J connectivity index is 1.69. The van der Waals surface area contributed by atoms with Crippen molar-refractivity contribution in [1.82, 2.24) is 14.7 Å². The molecule has 7 nitrogen and oxygen atoms in total. The molecule has 150 valence electrons. The summed E-state index contributed by atoms with van der Waals surface area (Å²) in [4.78, 5) is 25.9. The van der Waals surface area contributed by atoms with Crippen LogP contribution in [0.5, 0.6) is 0 Å².